The Hall–Kier alpha value is -0.420. The summed E-state index contributed by atoms with van der Waals surface area (Å²) in [5.74, 6) is 2.25. The molecule has 2 bridgehead atoms. The van der Waals surface area contributed by atoms with Crippen LogP contribution in [0.4, 0.5) is 0 Å². The molecule has 2 aliphatic rings. The van der Waals surface area contributed by atoms with Crippen molar-refractivity contribution in [1.82, 2.24) is 0 Å². The summed E-state index contributed by atoms with van der Waals surface area (Å²) in [5.41, 5.74) is 0. The predicted molar refractivity (Wildman–Crippen MR) is 100 cm³/mol. The summed E-state index contributed by atoms with van der Waals surface area (Å²) in [6.45, 7) is 7.56. The Labute approximate surface area is 153 Å². The summed E-state index contributed by atoms with van der Waals surface area (Å²) < 4.78 is 16.7. The SMILES string of the molecule is CCCCC(CC)CCOCCOCCOC(O)C1C[C@H]2C=CC1C2. The molecule has 0 heterocycles. The molecule has 0 aliphatic heterocycles. The highest BCUT2D eigenvalue weighted by molar-refractivity contribution is 5.10. The van der Waals surface area contributed by atoms with Crippen LogP contribution in [-0.2, 0) is 14.2 Å². The minimum atomic E-state index is -0.645. The average molecular weight is 355 g/mol. The summed E-state index contributed by atoms with van der Waals surface area (Å²) in [4.78, 5) is 0. The van der Waals surface area contributed by atoms with Crippen LogP contribution in [0.25, 0.3) is 0 Å². The van der Waals surface area contributed by atoms with Crippen molar-refractivity contribution in [2.45, 2.75) is 65.1 Å². The molecule has 0 saturated heterocycles. The summed E-state index contributed by atoms with van der Waals surface area (Å²) in [6, 6.07) is 0. The first-order chi connectivity index (χ1) is 12.2. The molecular weight excluding hydrogens is 316 g/mol. The molecule has 25 heavy (non-hydrogen) atoms. The molecule has 0 aromatic heterocycles. The van der Waals surface area contributed by atoms with Crippen LogP contribution in [0.15, 0.2) is 12.2 Å². The summed E-state index contributed by atoms with van der Waals surface area (Å²) in [6.07, 6.45) is 12.5. The van der Waals surface area contributed by atoms with Gasteiger partial charge in [0.2, 0.25) is 0 Å². The number of aliphatic hydroxyl groups is 1. The normalized spacial score (nSPS) is 27.1. The molecule has 1 fully saturated rings. The van der Waals surface area contributed by atoms with Gasteiger partial charge in [-0.1, -0.05) is 51.7 Å². The third-order valence-corrected chi connectivity index (χ3v) is 5.80. The maximum Gasteiger partial charge on any atom is 0.158 e. The highest BCUT2D eigenvalue weighted by atomic mass is 16.6. The van der Waals surface area contributed by atoms with E-state index in [1.807, 2.05) is 0 Å². The van der Waals surface area contributed by atoms with Crippen molar-refractivity contribution < 1.29 is 19.3 Å². The number of fused-ring (bicyclic) bond motifs is 2. The quantitative estimate of drug-likeness (QED) is 0.272. The van der Waals surface area contributed by atoms with Crippen molar-refractivity contribution in [1.29, 1.82) is 0 Å². The first-order valence-electron chi connectivity index (χ1n) is 10.4. The lowest BCUT2D eigenvalue weighted by molar-refractivity contribution is -0.149. The number of aliphatic hydroxyl groups excluding tert-OH is 1. The standard InChI is InChI=1S/C21H38O4/c1-3-5-6-17(4-2)9-10-23-11-12-24-13-14-25-21(22)20-16-18-7-8-19(20)15-18/h7-8,17-22H,3-6,9-16H2,1-2H3/t17?,18-,19?,20?,21?/m0/s1. The summed E-state index contributed by atoms with van der Waals surface area (Å²) in [5, 5.41) is 10.1. The zero-order valence-corrected chi connectivity index (χ0v) is 16.2. The van der Waals surface area contributed by atoms with Gasteiger partial charge in [-0.15, -0.1) is 0 Å². The van der Waals surface area contributed by atoms with E-state index in [1.54, 1.807) is 0 Å². The third-order valence-electron chi connectivity index (χ3n) is 5.80. The molecule has 4 unspecified atom stereocenters. The Kier molecular flexibility index (Phi) is 10.1. The van der Waals surface area contributed by atoms with Gasteiger partial charge in [-0.05, 0) is 37.0 Å². The van der Waals surface area contributed by atoms with Gasteiger partial charge in [-0.3, -0.25) is 0 Å². The fraction of sp³-hybridized carbons (Fsp3) is 0.905. The molecule has 0 aromatic carbocycles. The van der Waals surface area contributed by atoms with Crippen molar-refractivity contribution in [3.8, 4) is 0 Å². The largest absolute Gasteiger partial charge is 0.379 e. The topological polar surface area (TPSA) is 47.9 Å². The van der Waals surface area contributed by atoms with E-state index in [9.17, 15) is 5.11 Å². The number of hydrogen-bond acceptors (Lipinski definition) is 4. The van der Waals surface area contributed by atoms with Gasteiger partial charge in [-0.25, -0.2) is 0 Å². The fourth-order valence-corrected chi connectivity index (χ4v) is 4.12. The molecule has 5 atom stereocenters. The molecule has 4 heteroatoms. The van der Waals surface area contributed by atoms with E-state index in [0.29, 0.717) is 38.3 Å². The molecule has 2 rings (SSSR count). The number of unbranched alkanes of at least 4 members (excludes halogenated alkanes) is 1. The second kappa shape index (κ2) is 12.1. The molecule has 2 aliphatic carbocycles. The van der Waals surface area contributed by atoms with Crippen LogP contribution < -0.4 is 0 Å². The van der Waals surface area contributed by atoms with Crippen LogP contribution in [0.2, 0.25) is 0 Å². The number of hydrogen-bond donors (Lipinski definition) is 1. The fourth-order valence-electron chi connectivity index (χ4n) is 4.12. The van der Waals surface area contributed by atoms with E-state index in [0.717, 1.165) is 25.4 Å². The predicted octanol–water partition coefficient (Wildman–Crippen LogP) is 4.17. The van der Waals surface area contributed by atoms with Gasteiger partial charge in [0.15, 0.2) is 6.29 Å². The minimum absolute atomic E-state index is 0.276. The molecule has 146 valence electrons. The van der Waals surface area contributed by atoms with E-state index >= 15 is 0 Å². The zero-order chi connectivity index (χ0) is 17.9. The van der Waals surface area contributed by atoms with Crippen LogP contribution in [0, 0.1) is 23.7 Å². The van der Waals surface area contributed by atoms with E-state index in [-0.39, 0.29) is 5.92 Å². The lowest BCUT2D eigenvalue weighted by atomic mass is 9.93. The molecule has 0 amide bonds. The first kappa shape index (κ1) is 20.9. The highest BCUT2D eigenvalue weighted by Gasteiger charge is 2.39. The van der Waals surface area contributed by atoms with Crippen molar-refractivity contribution in [3.63, 3.8) is 0 Å². The lowest BCUT2D eigenvalue weighted by Crippen LogP contribution is -2.28. The van der Waals surface area contributed by atoms with Gasteiger partial charge in [0.05, 0.1) is 26.4 Å². The van der Waals surface area contributed by atoms with Crippen molar-refractivity contribution in [3.05, 3.63) is 12.2 Å². The zero-order valence-electron chi connectivity index (χ0n) is 16.2. The Bertz CT molecular complexity index is 371. The van der Waals surface area contributed by atoms with Gasteiger partial charge in [-0.2, -0.15) is 0 Å². The number of rotatable bonds is 15. The van der Waals surface area contributed by atoms with E-state index in [2.05, 4.69) is 26.0 Å². The smallest absolute Gasteiger partial charge is 0.158 e. The summed E-state index contributed by atoms with van der Waals surface area (Å²) in [7, 11) is 0. The molecule has 0 spiro atoms. The van der Waals surface area contributed by atoms with Gasteiger partial charge < -0.3 is 19.3 Å². The van der Waals surface area contributed by atoms with Crippen LogP contribution in [-0.4, -0.2) is 44.4 Å². The Morgan fingerprint density at radius 1 is 0.960 bits per heavy atom. The highest BCUT2D eigenvalue weighted by Crippen LogP contribution is 2.45. The van der Waals surface area contributed by atoms with Crippen molar-refractivity contribution >= 4 is 0 Å². The van der Waals surface area contributed by atoms with E-state index < -0.39 is 6.29 Å². The molecule has 0 aromatic rings. The second-order valence-corrected chi connectivity index (χ2v) is 7.64. The third kappa shape index (κ3) is 7.38. The maximum atomic E-state index is 10.1. The van der Waals surface area contributed by atoms with Crippen LogP contribution in [0.3, 0.4) is 0 Å². The minimum Gasteiger partial charge on any atom is -0.379 e. The molecule has 0 radical (unpaired) electrons. The van der Waals surface area contributed by atoms with Gasteiger partial charge in [0, 0.05) is 12.5 Å². The average Bonchev–Trinajstić information content (AvgIpc) is 3.26. The Morgan fingerprint density at radius 2 is 1.72 bits per heavy atom. The lowest BCUT2D eigenvalue weighted by Gasteiger charge is -2.24. The molecule has 1 N–H and O–H groups in total. The Balaban J connectivity index is 1.38. The van der Waals surface area contributed by atoms with E-state index in [4.69, 9.17) is 14.2 Å². The molecule has 1 saturated carbocycles. The molecular formula is C21H38O4. The monoisotopic (exact) mass is 354 g/mol. The van der Waals surface area contributed by atoms with E-state index in [1.165, 1.54) is 32.1 Å². The first-order valence-corrected chi connectivity index (χ1v) is 10.4. The molecule has 4 nitrogen and oxygen atoms in total. The second-order valence-electron chi connectivity index (χ2n) is 7.64. The van der Waals surface area contributed by atoms with Gasteiger partial charge in [0.1, 0.15) is 0 Å². The van der Waals surface area contributed by atoms with Crippen molar-refractivity contribution in [2.75, 3.05) is 33.0 Å². The van der Waals surface area contributed by atoms with Crippen LogP contribution in [0.1, 0.15) is 58.8 Å². The maximum absolute atomic E-state index is 10.1. The van der Waals surface area contributed by atoms with Crippen molar-refractivity contribution in [2.24, 2.45) is 23.7 Å². The van der Waals surface area contributed by atoms with Gasteiger partial charge >= 0.3 is 0 Å². The summed E-state index contributed by atoms with van der Waals surface area (Å²) >= 11 is 0. The number of allylic oxidation sites excluding steroid dienone is 2. The van der Waals surface area contributed by atoms with Gasteiger partial charge in [0.25, 0.3) is 0 Å². The van der Waals surface area contributed by atoms with Crippen LogP contribution in [0.5, 0.6) is 0 Å². The van der Waals surface area contributed by atoms with Crippen LogP contribution >= 0.6 is 0 Å². The Morgan fingerprint density at radius 3 is 2.36 bits per heavy atom. The number of ether oxygens (including phenoxy) is 3.